The first kappa shape index (κ1) is 9.71. The molecular formula is C11H19N3. The molecule has 0 spiro atoms. The van der Waals surface area contributed by atoms with Crippen LogP contribution in [0.3, 0.4) is 0 Å². The van der Waals surface area contributed by atoms with E-state index >= 15 is 0 Å². The molecule has 2 N–H and O–H groups in total. The molecule has 1 heterocycles. The van der Waals surface area contributed by atoms with Gasteiger partial charge in [-0.25, -0.2) is 0 Å². The van der Waals surface area contributed by atoms with Crippen LogP contribution in [0.15, 0.2) is 0 Å². The average Bonchev–Trinajstić information content (AvgIpc) is 2.93. The van der Waals surface area contributed by atoms with Crippen LogP contribution >= 0.6 is 0 Å². The molecule has 3 heteroatoms. The van der Waals surface area contributed by atoms with Crippen LogP contribution < -0.4 is 5.32 Å². The molecule has 1 aliphatic carbocycles. The number of aryl methyl sites for hydroxylation is 2. The highest BCUT2D eigenvalue weighted by molar-refractivity contribution is 5.23. The Kier molecular flexibility index (Phi) is 2.87. The van der Waals surface area contributed by atoms with Gasteiger partial charge in [0.25, 0.3) is 0 Å². The quantitative estimate of drug-likeness (QED) is 0.697. The first-order chi connectivity index (χ1) is 6.77. The number of aromatic nitrogens is 2. The van der Waals surface area contributed by atoms with E-state index in [1.807, 2.05) is 0 Å². The van der Waals surface area contributed by atoms with Gasteiger partial charge in [0.2, 0.25) is 0 Å². The second-order valence-electron chi connectivity index (χ2n) is 4.31. The Morgan fingerprint density at radius 3 is 2.79 bits per heavy atom. The van der Waals surface area contributed by atoms with Crippen molar-refractivity contribution >= 4 is 0 Å². The number of hydrogen-bond donors (Lipinski definition) is 2. The summed E-state index contributed by atoms with van der Waals surface area (Å²) in [7, 11) is 0. The predicted octanol–water partition coefficient (Wildman–Crippen LogP) is 1.57. The molecule has 1 fully saturated rings. The zero-order chi connectivity index (χ0) is 9.97. The van der Waals surface area contributed by atoms with Crippen molar-refractivity contribution in [3.63, 3.8) is 0 Å². The van der Waals surface area contributed by atoms with E-state index in [-0.39, 0.29) is 0 Å². The molecule has 1 aromatic heterocycles. The molecule has 0 saturated heterocycles. The molecule has 0 bridgehead atoms. The maximum Gasteiger partial charge on any atom is 0.0626 e. The van der Waals surface area contributed by atoms with Gasteiger partial charge >= 0.3 is 0 Å². The average molecular weight is 193 g/mol. The lowest BCUT2D eigenvalue weighted by Gasteiger charge is -2.03. The number of nitrogens with one attached hydrogen (secondary N) is 2. The molecule has 3 nitrogen and oxygen atoms in total. The molecule has 0 aromatic carbocycles. The van der Waals surface area contributed by atoms with Crippen molar-refractivity contribution in [3.8, 4) is 0 Å². The highest BCUT2D eigenvalue weighted by atomic mass is 15.1. The van der Waals surface area contributed by atoms with E-state index in [9.17, 15) is 0 Å². The monoisotopic (exact) mass is 193 g/mol. The van der Waals surface area contributed by atoms with Crippen LogP contribution in [-0.4, -0.2) is 23.3 Å². The van der Waals surface area contributed by atoms with E-state index in [0.717, 1.165) is 24.6 Å². The summed E-state index contributed by atoms with van der Waals surface area (Å²) in [6.45, 7) is 6.45. The molecule has 0 unspecified atom stereocenters. The summed E-state index contributed by atoms with van der Waals surface area (Å²) in [4.78, 5) is 0. The van der Waals surface area contributed by atoms with Gasteiger partial charge in [-0.05, 0) is 57.7 Å². The van der Waals surface area contributed by atoms with Crippen LogP contribution in [0.25, 0.3) is 0 Å². The third-order valence-corrected chi connectivity index (χ3v) is 2.96. The van der Waals surface area contributed by atoms with Gasteiger partial charge in [0, 0.05) is 5.69 Å². The van der Waals surface area contributed by atoms with Crippen molar-refractivity contribution in [2.45, 2.75) is 33.1 Å². The third kappa shape index (κ3) is 2.35. The molecule has 0 atom stereocenters. The van der Waals surface area contributed by atoms with Gasteiger partial charge in [0.05, 0.1) is 5.69 Å². The van der Waals surface area contributed by atoms with Crippen LogP contribution in [0.5, 0.6) is 0 Å². The fourth-order valence-corrected chi connectivity index (χ4v) is 1.78. The smallest absolute Gasteiger partial charge is 0.0626 e. The summed E-state index contributed by atoms with van der Waals surface area (Å²) >= 11 is 0. The minimum atomic E-state index is 0.974. The van der Waals surface area contributed by atoms with Crippen LogP contribution in [0.1, 0.15) is 29.8 Å². The number of nitrogens with zero attached hydrogens (tertiary/aromatic N) is 1. The first-order valence-corrected chi connectivity index (χ1v) is 5.48. The van der Waals surface area contributed by atoms with Gasteiger partial charge in [0.1, 0.15) is 0 Å². The van der Waals surface area contributed by atoms with Crippen molar-refractivity contribution in [3.05, 3.63) is 17.0 Å². The predicted molar refractivity (Wildman–Crippen MR) is 57.4 cm³/mol. The van der Waals surface area contributed by atoms with Crippen molar-refractivity contribution in [1.82, 2.24) is 15.5 Å². The number of hydrogen-bond acceptors (Lipinski definition) is 2. The molecule has 1 aliphatic rings. The Morgan fingerprint density at radius 2 is 2.21 bits per heavy atom. The Hall–Kier alpha value is -0.830. The van der Waals surface area contributed by atoms with E-state index in [2.05, 4.69) is 29.4 Å². The minimum absolute atomic E-state index is 0.974. The highest BCUT2D eigenvalue weighted by Crippen LogP contribution is 2.27. The highest BCUT2D eigenvalue weighted by Gasteiger charge is 2.20. The summed E-state index contributed by atoms with van der Waals surface area (Å²) in [5.74, 6) is 0.974. The fourth-order valence-electron chi connectivity index (χ4n) is 1.78. The van der Waals surface area contributed by atoms with Crippen LogP contribution in [0.4, 0.5) is 0 Å². The van der Waals surface area contributed by atoms with Gasteiger partial charge in [-0.3, -0.25) is 5.10 Å². The lowest BCUT2D eigenvalue weighted by atomic mass is 10.1. The number of aromatic amines is 1. The molecule has 2 rings (SSSR count). The molecule has 1 aromatic rings. The summed E-state index contributed by atoms with van der Waals surface area (Å²) in [5.41, 5.74) is 3.75. The van der Waals surface area contributed by atoms with Gasteiger partial charge in [-0.1, -0.05) is 0 Å². The lowest BCUT2D eigenvalue weighted by Crippen LogP contribution is -2.20. The Bertz CT molecular complexity index is 280. The maximum atomic E-state index is 4.19. The maximum absolute atomic E-state index is 4.19. The summed E-state index contributed by atoms with van der Waals surface area (Å²) in [5, 5.41) is 10.7. The van der Waals surface area contributed by atoms with E-state index in [1.165, 1.54) is 30.6 Å². The molecule has 14 heavy (non-hydrogen) atoms. The van der Waals surface area contributed by atoms with E-state index in [4.69, 9.17) is 0 Å². The normalized spacial score (nSPS) is 16.1. The minimum Gasteiger partial charge on any atom is -0.316 e. The SMILES string of the molecule is Cc1n[nH]c(C)c1CCNCC1CC1. The van der Waals surface area contributed by atoms with Crippen LogP contribution in [0.2, 0.25) is 0 Å². The largest absolute Gasteiger partial charge is 0.316 e. The van der Waals surface area contributed by atoms with E-state index < -0.39 is 0 Å². The Morgan fingerprint density at radius 1 is 1.43 bits per heavy atom. The molecule has 1 saturated carbocycles. The topological polar surface area (TPSA) is 40.7 Å². The zero-order valence-corrected chi connectivity index (χ0v) is 9.06. The standard InChI is InChI=1S/C11H19N3/c1-8-11(9(2)14-13-8)5-6-12-7-10-3-4-10/h10,12H,3-7H2,1-2H3,(H,13,14). The van der Waals surface area contributed by atoms with Crippen LogP contribution in [-0.2, 0) is 6.42 Å². The van der Waals surface area contributed by atoms with Gasteiger partial charge < -0.3 is 5.32 Å². The van der Waals surface area contributed by atoms with Crippen molar-refractivity contribution in [2.24, 2.45) is 5.92 Å². The second kappa shape index (κ2) is 4.13. The van der Waals surface area contributed by atoms with E-state index in [0.29, 0.717) is 0 Å². The third-order valence-electron chi connectivity index (χ3n) is 2.96. The molecular weight excluding hydrogens is 174 g/mol. The lowest BCUT2D eigenvalue weighted by molar-refractivity contribution is 0.636. The Labute approximate surface area is 85.3 Å². The molecule has 0 amide bonds. The summed E-state index contributed by atoms with van der Waals surface area (Å²) in [6, 6.07) is 0. The molecule has 0 radical (unpaired) electrons. The van der Waals surface area contributed by atoms with Crippen molar-refractivity contribution < 1.29 is 0 Å². The van der Waals surface area contributed by atoms with Crippen molar-refractivity contribution in [2.75, 3.05) is 13.1 Å². The first-order valence-electron chi connectivity index (χ1n) is 5.48. The van der Waals surface area contributed by atoms with Crippen LogP contribution in [0, 0.1) is 19.8 Å². The number of H-pyrrole nitrogens is 1. The summed E-state index contributed by atoms with van der Waals surface area (Å²) < 4.78 is 0. The fraction of sp³-hybridized carbons (Fsp3) is 0.727. The molecule has 78 valence electrons. The van der Waals surface area contributed by atoms with Gasteiger partial charge in [-0.2, -0.15) is 5.10 Å². The van der Waals surface area contributed by atoms with E-state index in [1.54, 1.807) is 0 Å². The zero-order valence-electron chi connectivity index (χ0n) is 9.06. The second-order valence-corrected chi connectivity index (χ2v) is 4.31. The van der Waals surface area contributed by atoms with Gasteiger partial charge in [-0.15, -0.1) is 0 Å². The molecule has 0 aliphatic heterocycles. The van der Waals surface area contributed by atoms with Gasteiger partial charge in [0.15, 0.2) is 0 Å². The number of rotatable bonds is 5. The van der Waals surface area contributed by atoms with Crippen molar-refractivity contribution in [1.29, 1.82) is 0 Å². The Balaban J connectivity index is 1.73. The summed E-state index contributed by atoms with van der Waals surface area (Å²) in [6.07, 6.45) is 3.95.